The molecule has 14 heteroatoms. The molecular weight excluding hydrogens is 556 g/mol. The van der Waals surface area contributed by atoms with E-state index in [2.05, 4.69) is 15.0 Å². The van der Waals surface area contributed by atoms with Crippen molar-refractivity contribution in [3.05, 3.63) is 50.7 Å². The van der Waals surface area contributed by atoms with Crippen LogP contribution in [0.3, 0.4) is 0 Å². The molecule has 3 N–H and O–H groups in total. The summed E-state index contributed by atoms with van der Waals surface area (Å²) in [6.07, 6.45) is -2.53. The number of hydrogen-bond acceptors (Lipinski definition) is 8. The van der Waals surface area contributed by atoms with Crippen LogP contribution in [0.1, 0.15) is 6.23 Å². The average molecular weight is 571 g/mol. The number of ether oxygens (including phenoxy) is 1. The van der Waals surface area contributed by atoms with Gasteiger partial charge in [0.2, 0.25) is 5.78 Å². The van der Waals surface area contributed by atoms with Crippen LogP contribution in [0.2, 0.25) is 0 Å². The third kappa shape index (κ3) is 3.08. The van der Waals surface area contributed by atoms with E-state index in [1.807, 2.05) is 52.9 Å². The van der Waals surface area contributed by atoms with Crippen LogP contribution < -0.4 is 5.56 Å². The van der Waals surface area contributed by atoms with Crippen molar-refractivity contribution in [2.45, 2.75) is 24.5 Å². The molecule has 0 radical (unpaired) electrons. The molecule has 32 heavy (non-hydrogen) atoms. The summed E-state index contributed by atoms with van der Waals surface area (Å²) < 4.78 is 30.6. The van der Waals surface area contributed by atoms with Gasteiger partial charge in [-0.05, 0) is 5.56 Å². The molecule has 166 valence electrons. The first-order valence-corrected chi connectivity index (χ1v) is 12.1. The number of halogens is 1. The maximum Gasteiger partial charge on any atom is 0.472 e. The van der Waals surface area contributed by atoms with Crippen LogP contribution in [-0.4, -0.2) is 58.8 Å². The molecule has 0 aliphatic carbocycles. The molecule has 0 spiro atoms. The Labute approximate surface area is 192 Å². The SMILES string of the molecule is O=c1c2nc(I)n([C@@H]3O[C@@H]4COP(=O)(O)O[C@H]4[C@H]3O)c2nc2[nH]c(-c3ccccc3)cn12. The first-order chi connectivity index (χ1) is 15.3. The Bertz CT molecular complexity index is 1470. The lowest BCUT2D eigenvalue weighted by molar-refractivity contribution is -0.0670. The van der Waals surface area contributed by atoms with Crippen LogP contribution >= 0.6 is 30.4 Å². The van der Waals surface area contributed by atoms with E-state index in [4.69, 9.17) is 13.8 Å². The van der Waals surface area contributed by atoms with Gasteiger partial charge in [-0.2, -0.15) is 4.98 Å². The van der Waals surface area contributed by atoms with Gasteiger partial charge < -0.3 is 19.7 Å². The summed E-state index contributed by atoms with van der Waals surface area (Å²) >= 11 is 1.92. The summed E-state index contributed by atoms with van der Waals surface area (Å²) in [5.74, 6) is 0.295. The summed E-state index contributed by atoms with van der Waals surface area (Å²) in [6.45, 7) is -0.216. The fourth-order valence-electron chi connectivity index (χ4n) is 4.04. The Morgan fingerprint density at radius 3 is 2.81 bits per heavy atom. The van der Waals surface area contributed by atoms with Crippen molar-refractivity contribution in [3.8, 4) is 11.3 Å². The molecule has 6 rings (SSSR count). The number of aliphatic hydroxyl groups excluding tert-OH is 1. The van der Waals surface area contributed by atoms with Crippen molar-refractivity contribution in [3.63, 3.8) is 0 Å². The third-order valence-electron chi connectivity index (χ3n) is 5.51. The van der Waals surface area contributed by atoms with E-state index >= 15 is 0 Å². The van der Waals surface area contributed by atoms with Crippen LogP contribution in [0.5, 0.6) is 0 Å². The Morgan fingerprint density at radius 1 is 1.25 bits per heavy atom. The minimum absolute atomic E-state index is 0.0983. The molecule has 12 nitrogen and oxygen atoms in total. The van der Waals surface area contributed by atoms with E-state index in [-0.39, 0.29) is 23.3 Å². The Balaban J connectivity index is 1.48. The normalized spacial score (nSPS) is 30.2. The second-order valence-electron chi connectivity index (χ2n) is 7.46. The molecular formula is C18H15IN5O7P. The number of aliphatic hydroxyl groups is 1. The van der Waals surface area contributed by atoms with Crippen molar-refractivity contribution in [2.75, 3.05) is 6.61 Å². The predicted molar refractivity (Wildman–Crippen MR) is 118 cm³/mol. The van der Waals surface area contributed by atoms with E-state index < -0.39 is 32.4 Å². The van der Waals surface area contributed by atoms with Crippen molar-refractivity contribution >= 4 is 47.4 Å². The van der Waals surface area contributed by atoms with Gasteiger partial charge in [0.15, 0.2) is 21.2 Å². The van der Waals surface area contributed by atoms with Gasteiger partial charge in [-0.3, -0.25) is 18.4 Å². The van der Waals surface area contributed by atoms with Gasteiger partial charge in [-0.15, -0.1) is 0 Å². The van der Waals surface area contributed by atoms with Crippen LogP contribution in [0.4, 0.5) is 0 Å². The molecule has 0 bridgehead atoms. The molecule has 3 aromatic heterocycles. The molecule has 0 saturated carbocycles. The Kier molecular flexibility index (Phi) is 4.60. The number of phosphoric acid groups is 1. The number of aromatic nitrogens is 5. The second-order valence-corrected chi connectivity index (χ2v) is 9.83. The third-order valence-corrected chi connectivity index (χ3v) is 7.26. The van der Waals surface area contributed by atoms with Crippen molar-refractivity contribution in [2.24, 2.45) is 0 Å². The number of H-pyrrole nitrogens is 1. The van der Waals surface area contributed by atoms with Gasteiger partial charge in [0.25, 0.3) is 5.56 Å². The lowest BCUT2D eigenvalue weighted by Gasteiger charge is -2.27. The average Bonchev–Trinajstić information content (AvgIpc) is 3.43. The number of fused-ring (bicyclic) bond motifs is 3. The van der Waals surface area contributed by atoms with Crippen molar-refractivity contribution in [1.29, 1.82) is 0 Å². The highest BCUT2D eigenvalue weighted by atomic mass is 127. The minimum atomic E-state index is -4.26. The number of hydrogen-bond donors (Lipinski definition) is 3. The highest BCUT2D eigenvalue weighted by Gasteiger charge is 2.53. The zero-order chi connectivity index (χ0) is 22.2. The van der Waals surface area contributed by atoms with E-state index in [0.29, 0.717) is 15.3 Å². The highest BCUT2D eigenvalue weighted by Crippen LogP contribution is 2.52. The van der Waals surface area contributed by atoms with Gasteiger partial charge in [0.1, 0.15) is 18.3 Å². The molecule has 2 fully saturated rings. The Hall–Kier alpha value is -2.13. The van der Waals surface area contributed by atoms with Crippen molar-refractivity contribution in [1.82, 2.24) is 23.9 Å². The summed E-state index contributed by atoms with van der Waals surface area (Å²) in [5.41, 5.74) is 1.51. The second kappa shape index (κ2) is 7.18. The first-order valence-electron chi connectivity index (χ1n) is 9.56. The zero-order valence-corrected chi connectivity index (χ0v) is 19.1. The van der Waals surface area contributed by atoms with Gasteiger partial charge in [-0.1, -0.05) is 30.3 Å². The number of aromatic amines is 1. The summed E-state index contributed by atoms with van der Waals surface area (Å²) in [4.78, 5) is 34.8. The molecule has 5 heterocycles. The summed E-state index contributed by atoms with van der Waals surface area (Å²) in [7, 11) is -4.26. The number of benzene rings is 1. The molecule has 5 atom stereocenters. The molecule has 1 aromatic carbocycles. The number of nitrogens with zero attached hydrogens (tertiary/aromatic N) is 4. The monoisotopic (exact) mass is 571 g/mol. The number of phosphoric ester groups is 1. The fourth-order valence-corrected chi connectivity index (χ4v) is 5.75. The maximum absolute atomic E-state index is 13.1. The van der Waals surface area contributed by atoms with Crippen LogP contribution in [0.15, 0.2) is 41.3 Å². The van der Waals surface area contributed by atoms with Crippen LogP contribution in [-0.2, 0) is 18.3 Å². The summed E-state index contributed by atoms with van der Waals surface area (Å²) in [5, 5.41) is 10.8. The molecule has 2 aliphatic rings. The van der Waals surface area contributed by atoms with E-state index in [1.54, 1.807) is 6.20 Å². The lowest BCUT2D eigenvalue weighted by Crippen LogP contribution is -2.39. The minimum Gasteiger partial charge on any atom is -0.386 e. The number of nitrogens with one attached hydrogen (secondary N) is 1. The predicted octanol–water partition coefficient (Wildman–Crippen LogP) is 1.42. The standard InChI is InChI=1S/C18H15IN5O7P/c19-17-21-11-14(24(17)16-12(25)13-10(30-16)7-29-32(27,28)31-13)22-18-20-9(6-23(18)15(11)26)8-4-2-1-3-5-8/h1-6,10,12-13,16,25H,7H2,(H,20,22)(H,27,28)/t10-,12-,13-,16-/m1/s1. The lowest BCUT2D eigenvalue weighted by atomic mass is 10.1. The molecule has 4 aromatic rings. The topological polar surface area (TPSA) is 153 Å². The smallest absolute Gasteiger partial charge is 0.386 e. The first kappa shape index (κ1) is 20.5. The van der Waals surface area contributed by atoms with E-state index in [0.717, 1.165) is 5.56 Å². The van der Waals surface area contributed by atoms with Gasteiger partial charge in [-0.25, -0.2) is 13.9 Å². The Morgan fingerprint density at radius 2 is 2.03 bits per heavy atom. The van der Waals surface area contributed by atoms with E-state index in [1.165, 1.54) is 8.97 Å². The molecule has 1 unspecified atom stereocenters. The molecule has 0 amide bonds. The zero-order valence-electron chi connectivity index (χ0n) is 16.0. The van der Waals surface area contributed by atoms with Gasteiger partial charge in [0, 0.05) is 28.8 Å². The van der Waals surface area contributed by atoms with Gasteiger partial charge >= 0.3 is 7.82 Å². The van der Waals surface area contributed by atoms with Crippen molar-refractivity contribution < 1.29 is 28.3 Å². The number of imidazole rings is 2. The van der Waals surface area contributed by atoms with Gasteiger partial charge in [0.05, 0.1) is 12.3 Å². The summed E-state index contributed by atoms with van der Waals surface area (Å²) in [6, 6.07) is 9.49. The maximum atomic E-state index is 13.1. The molecule has 2 aliphatic heterocycles. The highest BCUT2D eigenvalue weighted by molar-refractivity contribution is 14.1. The van der Waals surface area contributed by atoms with E-state index in [9.17, 15) is 19.4 Å². The quantitative estimate of drug-likeness (QED) is 0.184. The number of rotatable bonds is 2. The molecule has 2 saturated heterocycles. The largest absolute Gasteiger partial charge is 0.472 e. The van der Waals surface area contributed by atoms with Crippen LogP contribution in [0.25, 0.3) is 28.2 Å². The van der Waals surface area contributed by atoms with Crippen LogP contribution in [0, 0.1) is 3.83 Å². The fraction of sp³-hybridized carbons (Fsp3) is 0.278.